The number of hydrogen-bond acceptors (Lipinski definition) is 9. The van der Waals surface area contributed by atoms with Crippen molar-refractivity contribution in [1.29, 1.82) is 0 Å². The van der Waals surface area contributed by atoms with E-state index in [1.807, 2.05) is 0 Å². The van der Waals surface area contributed by atoms with Gasteiger partial charge in [0.2, 0.25) is 17.8 Å². The van der Waals surface area contributed by atoms with Crippen LogP contribution in [0.3, 0.4) is 0 Å². The summed E-state index contributed by atoms with van der Waals surface area (Å²) in [4.78, 5) is 24.2. The zero-order valence-electron chi connectivity index (χ0n) is 10.2. The number of anilines is 3. The Morgan fingerprint density at radius 3 is 2.56 bits per heavy atom. The lowest BCUT2D eigenvalue weighted by atomic mass is 10.6. The van der Waals surface area contributed by atoms with Crippen LogP contribution in [0.2, 0.25) is 0 Å². The van der Waals surface area contributed by atoms with Crippen LogP contribution in [0.4, 0.5) is 22.6 Å². The number of nitrogens with two attached hydrogens (primary N) is 2. The maximum Gasteiger partial charge on any atom is 0.404 e. The van der Waals surface area contributed by atoms with Gasteiger partial charge >= 0.3 is 6.09 Å². The van der Waals surface area contributed by atoms with Crippen molar-refractivity contribution in [1.82, 2.24) is 15.0 Å². The van der Waals surface area contributed by atoms with E-state index in [0.717, 1.165) is 0 Å². The number of hydrogen-bond donors (Lipinski definition) is 4. The van der Waals surface area contributed by atoms with Gasteiger partial charge in [-0.05, 0) is 0 Å². The Kier molecular flexibility index (Phi) is 4.87. The molecule has 0 atom stereocenters. The lowest BCUT2D eigenvalue weighted by molar-refractivity contribution is 0.161. The number of amides is 1. The van der Waals surface area contributed by atoms with Crippen molar-refractivity contribution in [2.45, 2.75) is 0 Å². The number of primary amides is 1. The van der Waals surface area contributed by atoms with Gasteiger partial charge in [-0.1, -0.05) is 0 Å². The molecule has 1 amide bonds. The predicted octanol–water partition coefficient (Wildman–Crippen LogP) is -1.27. The number of hydrazine groups is 1. The van der Waals surface area contributed by atoms with Gasteiger partial charge in [-0.25, -0.2) is 10.6 Å². The Labute approximate surface area is 104 Å². The number of aromatic nitrogens is 3. The van der Waals surface area contributed by atoms with E-state index < -0.39 is 6.09 Å². The summed E-state index contributed by atoms with van der Waals surface area (Å²) in [6.45, 7) is 0.438. The topological polar surface area (TPSA) is 144 Å². The van der Waals surface area contributed by atoms with Crippen molar-refractivity contribution in [2.24, 2.45) is 11.6 Å². The first-order valence-corrected chi connectivity index (χ1v) is 5.09. The third kappa shape index (κ3) is 4.25. The second-order valence-corrected chi connectivity index (χ2v) is 3.42. The minimum Gasteiger partial charge on any atom is -0.448 e. The molecule has 10 nitrogen and oxygen atoms in total. The molecule has 0 saturated heterocycles. The third-order valence-electron chi connectivity index (χ3n) is 1.78. The standard InChI is InChI=1S/C8H16N8O2/c1-16(2)8-13-6(12-7(14-8)15-10)11-3-4-18-5(9)17/h3-4,10H2,1-2H3,(H2,9,17)(H2,11,12,13,14,15). The van der Waals surface area contributed by atoms with Gasteiger partial charge in [0.05, 0.1) is 6.54 Å². The molecular formula is C8H16N8O2. The van der Waals surface area contributed by atoms with E-state index in [2.05, 4.69) is 30.4 Å². The van der Waals surface area contributed by atoms with Crippen LogP contribution in [0.15, 0.2) is 0 Å². The Hall–Kier alpha value is -2.36. The molecule has 1 aromatic heterocycles. The summed E-state index contributed by atoms with van der Waals surface area (Å²) in [7, 11) is 3.57. The molecule has 0 unspecified atom stereocenters. The molecule has 0 saturated carbocycles. The first-order valence-electron chi connectivity index (χ1n) is 5.09. The first kappa shape index (κ1) is 13.7. The van der Waals surface area contributed by atoms with Crippen LogP contribution in [-0.2, 0) is 4.74 Å². The van der Waals surface area contributed by atoms with Gasteiger partial charge in [-0.15, -0.1) is 0 Å². The average Bonchev–Trinajstić information content (AvgIpc) is 2.34. The smallest absolute Gasteiger partial charge is 0.404 e. The molecule has 0 aromatic carbocycles. The fourth-order valence-corrected chi connectivity index (χ4v) is 1.02. The molecule has 6 N–H and O–H groups in total. The summed E-state index contributed by atoms with van der Waals surface area (Å²) in [5, 5.41) is 2.85. The summed E-state index contributed by atoms with van der Waals surface area (Å²) in [5.74, 6) is 6.23. The van der Waals surface area contributed by atoms with E-state index in [4.69, 9.17) is 11.6 Å². The number of nitrogens with zero attached hydrogens (tertiary/aromatic N) is 4. The van der Waals surface area contributed by atoms with Crippen LogP contribution in [0, 0.1) is 0 Å². The molecule has 1 aromatic rings. The van der Waals surface area contributed by atoms with E-state index >= 15 is 0 Å². The molecule has 0 aliphatic rings. The van der Waals surface area contributed by atoms with Gasteiger partial charge in [0.1, 0.15) is 6.61 Å². The highest BCUT2D eigenvalue weighted by atomic mass is 16.5. The minimum atomic E-state index is -0.828. The normalized spacial score (nSPS) is 9.72. The van der Waals surface area contributed by atoms with Crippen molar-refractivity contribution in [3.05, 3.63) is 0 Å². The average molecular weight is 256 g/mol. The van der Waals surface area contributed by atoms with Crippen LogP contribution in [-0.4, -0.2) is 48.3 Å². The summed E-state index contributed by atoms with van der Waals surface area (Å²) in [5.41, 5.74) is 7.16. The van der Waals surface area contributed by atoms with Crippen LogP contribution >= 0.6 is 0 Å². The highest BCUT2D eigenvalue weighted by Gasteiger charge is 2.06. The fourth-order valence-electron chi connectivity index (χ4n) is 1.02. The molecule has 1 heterocycles. The summed E-state index contributed by atoms with van der Waals surface area (Å²) in [6, 6.07) is 0. The molecule has 0 aliphatic heterocycles. The van der Waals surface area contributed by atoms with Crippen LogP contribution in [0.1, 0.15) is 0 Å². The third-order valence-corrected chi connectivity index (χ3v) is 1.78. The van der Waals surface area contributed by atoms with Crippen molar-refractivity contribution in [2.75, 3.05) is 42.9 Å². The first-order chi connectivity index (χ1) is 8.52. The van der Waals surface area contributed by atoms with Crippen molar-refractivity contribution in [3.63, 3.8) is 0 Å². The molecular weight excluding hydrogens is 240 g/mol. The monoisotopic (exact) mass is 256 g/mol. The van der Waals surface area contributed by atoms with Gasteiger partial charge in [-0.2, -0.15) is 15.0 Å². The Bertz CT molecular complexity index is 410. The predicted molar refractivity (Wildman–Crippen MR) is 66.0 cm³/mol. The van der Waals surface area contributed by atoms with Gasteiger partial charge in [-0.3, -0.25) is 5.43 Å². The fraction of sp³-hybridized carbons (Fsp3) is 0.500. The zero-order chi connectivity index (χ0) is 13.5. The quantitative estimate of drug-likeness (QED) is 0.278. The molecule has 1 rings (SSSR count). The van der Waals surface area contributed by atoms with E-state index in [1.54, 1.807) is 19.0 Å². The summed E-state index contributed by atoms with van der Waals surface area (Å²) >= 11 is 0. The minimum absolute atomic E-state index is 0.115. The summed E-state index contributed by atoms with van der Waals surface area (Å²) < 4.78 is 4.55. The van der Waals surface area contributed by atoms with E-state index in [-0.39, 0.29) is 12.6 Å². The Balaban J connectivity index is 2.63. The number of nitrogen functional groups attached to an aromatic ring is 1. The highest BCUT2D eigenvalue weighted by Crippen LogP contribution is 2.09. The van der Waals surface area contributed by atoms with Crippen molar-refractivity contribution >= 4 is 23.9 Å². The van der Waals surface area contributed by atoms with Gasteiger partial charge in [0, 0.05) is 14.1 Å². The lowest BCUT2D eigenvalue weighted by Crippen LogP contribution is -2.21. The van der Waals surface area contributed by atoms with Crippen molar-refractivity contribution in [3.8, 4) is 0 Å². The van der Waals surface area contributed by atoms with Gasteiger partial charge in [0.15, 0.2) is 0 Å². The largest absolute Gasteiger partial charge is 0.448 e. The number of nitrogens with one attached hydrogen (secondary N) is 2. The number of carbonyl (C=O) groups excluding carboxylic acids is 1. The second kappa shape index (κ2) is 6.39. The maximum absolute atomic E-state index is 10.4. The molecule has 0 spiro atoms. The Morgan fingerprint density at radius 2 is 2.00 bits per heavy atom. The van der Waals surface area contributed by atoms with Crippen LogP contribution < -0.4 is 27.2 Å². The van der Waals surface area contributed by atoms with Crippen molar-refractivity contribution < 1.29 is 9.53 Å². The maximum atomic E-state index is 10.4. The van der Waals surface area contributed by atoms with Crippen LogP contribution in [0.5, 0.6) is 0 Å². The SMILES string of the molecule is CN(C)c1nc(NN)nc(NCCOC(N)=O)n1. The molecule has 10 heteroatoms. The van der Waals surface area contributed by atoms with E-state index in [9.17, 15) is 4.79 Å². The summed E-state index contributed by atoms with van der Waals surface area (Å²) in [6.07, 6.45) is -0.828. The second-order valence-electron chi connectivity index (χ2n) is 3.42. The molecule has 0 radical (unpaired) electrons. The van der Waals surface area contributed by atoms with Crippen LogP contribution in [0.25, 0.3) is 0 Å². The van der Waals surface area contributed by atoms with E-state index in [0.29, 0.717) is 18.4 Å². The molecule has 100 valence electrons. The molecule has 0 bridgehead atoms. The van der Waals surface area contributed by atoms with Gasteiger partial charge in [0.25, 0.3) is 0 Å². The molecule has 0 aliphatic carbocycles. The number of carbonyl (C=O) groups is 1. The van der Waals surface area contributed by atoms with Gasteiger partial charge < -0.3 is 20.7 Å². The molecule has 18 heavy (non-hydrogen) atoms. The lowest BCUT2D eigenvalue weighted by Gasteiger charge is -2.13. The molecule has 0 fully saturated rings. The highest BCUT2D eigenvalue weighted by molar-refractivity contribution is 5.64. The number of ether oxygens (including phenoxy) is 1. The zero-order valence-corrected chi connectivity index (χ0v) is 10.2. The Morgan fingerprint density at radius 1 is 1.33 bits per heavy atom. The number of rotatable bonds is 6. The van der Waals surface area contributed by atoms with E-state index in [1.165, 1.54) is 0 Å².